The van der Waals surface area contributed by atoms with Gasteiger partial charge in [-0.15, -0.1) is 0 Å². The quantitative estimate of drug-likeness (QED) is 0.164. The Kier molecular flexibility index (Phi) is 11.8. The van der Waals surface area contributed by atoms with E-state index in [-0.39, 0.29) is 44.7 Å². The molecule has 7 nitrogen and oxygen atoms in total. The SMILES string of the molecule is CC(C)NC(=O)[C@H](Cc1ccccc1)N(Cc1ccc(Cl)cc1Cl)C(=O)CN(c1cccc(Cl)c1Cl)S(=O)(=O)c1ccccc1. The maximum Gasteiger partial charge on any atom is 0.264 e. The number of hydrogen-bond donors (Lipinski definition) is 1. The molecule has 0 spiro atoms. The monoisotopic (exact) mass is 705 g/mol. The van der Waals surface area contributed by atoms with Crippen LogP contribution in [-0.4, -0.2) is 43.8 Å². The van der Waals surface area contributed by atoms with Crippen LogP contribution in [0.2, 0.25) is 20.1 Å². The highest BCUT2D eigenvalue weighted by Crippen LogP contribution is 2.36. The molecule has 0 aliphatic heterocycles. The highest BCUT2D eigenvalue weighted by atomic mass is 35.5. The molecule has 0 bridgehead atoms. The van der Waals surface area contributed by atoms with E-state index >= 15 is 0 Å². The van der Waals surface area contributed by atoms with Crippen LogP contribution in [0.5, 0.6) is 0 Å². The molecule has 1 atom stereocenters. The van der Waals surface area contributed by atoms with Crippen LogP contribution >= 0.6 is 46.4 Å². The Hall–Kier alpha value is -3.27. The highest BCUT2D eigenvalue weighted by Gasteiger charge is 2.36. The van der Waals surface area contributed by atoms with Crippen molar-refractivity contribution in [3.05, 3.63) is 128 Å². The Bertz CT molecular complexity index is 1760. The number of rotatable bonds is 12. The van der Waals surface area contributed by atoms with Gasteiger partial charge in [0.25, 0.3) is 10.0 Å². The first-order valence-electron chi connectivity index (χ1n) is 14.0. The number of hydrogen-bond acceptors (Lipinski definition) is 4. The lowest BCUT2D eigenvalue weighted by Crippen LogP contribution is -2.54. The molecule has 0 heterocycles. The minimum atomic E-state index is -4.33. The zero-order chi connectivity index (χ0) is 32.7. The molecule has 4 aromatic rings. The lowest BCUT2D eigenvalue weighted by Gasteiger charge is -2.34. The second-order valence-electron chi connectivity index (χ2n) is 10.5. The van der Waals surface area contributed by atoms with Crippen molar-refractivity contribution in [3.8, 4) is 0 Å². The Morgan fingerprint density at radius 2 is 1.44 bits per heavy atom. The number of halogens is 4. The van der Waals surface area contributed by atoms with Crippen LogP contribution < -0.4 is 9.62 Å². The zero-order valence-corrected chi connectivity index (χ0v) is 28.3. The van der Waals surface area contributed by atoms with E-state index in [9.17, 15) is 18.0 Å². The lowest BCUT2D eigenvalue weighted by atomic mass is 10.0. The molecule has 0 saturated carbocycles. The molecule has 236 valence electrons. The number of benzene rings is 4. The molecule has 4 rings (SSSR count). The van der Waals surface area contributed by atoms with E-state index in [0.29, 0.717) is 10.6 Å². The lowest BCUT2D eigenvalue weighted by molar-refractivity contribution is -0.140. The molecular formula is C33H31Cl4N3O4S. The van der Waals surface area contributed by atoms with Crippen LogP contribution in [0.3, 0.4) is 0 Å². The van der Waals surface area contributed by atoms with Crippen LogP contribution in [0.4, 0.5) is 5.69 Å². The number of carbonyl (C=O) groups excluding carboxylic acids is 2. The molecule has 1 N–H and O–H groups in total. The van der Waals surface area contributed by atoms with Gasteiger partial charge >= 0.3 is 0 Å². The van der Waals surface area contributed by atoms with E-state index in [1.807, 2.05) is 44.2 Å². The third kappa shape index (κ3) is 8.71. The fourth-order valence-corrected chi connectivity index (χ4v) is 7.05. The number of nitrogens with one attached hydrogen (secondary N) is 1. The average Bonchev–Trinajstić information content (AvgIpc) is 3.00. The second kappa shape index (κ2) is 15.3. The molecule has 45 heavy (non-hydrogen) atoms. The van der Waals surface area contributed by atoms with Crippen LogP contribution in [-0.2, 0) is 32.6 Å². The molecule has 0 aliphatic carbocycles. The van der Waals surface area contributed by atoms with Gasteiger partial charge in [0.2, 0.25) is 11.8 Å². The van der Waals surface area contributed by atoms with Gasteiger partial charge < -0.3 is 10.2 Å². The number of amides is 2. The van der Waals surface area contributed by atoms with E-state index in [1.165, 1.54) is 29.2 Å². The average molecular weight is 708 g/mol. The molecule has 4 aromatic carbocycles. The van der Waals surface area contributed by atoms with Gasteiger partial charge in [0.05, 0.1) is 20.6 Å². The predicted octanol–water partition coefficient (Wildman–Crippen LogP) is 7.66. The van der Waals surface area contributed by atoms with Gasteiger partial charge in [0.1, 0.15) is 12.6 Å². The minimum Gasteiger partial charge on any atom is -0.352 e. The molecule has 12 heteroatoms. The molecule has 0 fully saturated rings. The summed E-state index contributed by atoms with van der Waals surface area (Å²) >= 11 is 25.5. The van der Waals surface area contributed by atoms with Crippen molar-refractivity contribution in [2.45, 2.75) is 43.8 Å². The summed E-state index contributed by atoms with van der Waals surface area (Å²) in [7, 11) is -4.33. The van der Waals surface area contributed by atoms with E-state index in [4.69, 9.17) is 46.4 Å². The first-order valence-corrected chi connectivity index (χ1v) is 16.9. The van der Waals surface area contributed by atoms with Gasteiger partial charge in [-0.3, -0.25) is 13.9 Å². The normalized spacial score (nSPS) is 12.1. The van der Waals surface area contributed by atoms with Crippen molar-refractivity contribution in [3.63, 3.8) is 0 Å². The summed E-state index contributed by atoms with van der Waals surface area (Å²) < 4.78 is 29.1. The maximum absolute atomic E-state index is 14.5. The molecule has 0 aliphatic rings. The molecule has 0 unspecified atom stereocenters. The summed E-state index contributed by atoms with van der Waals surface area (Å²) in [5, 5.41) is 3.66. The third-order valence-corrected chi connectivity index (χ3v) is 10.0. The summed E-state index contributed by atoms with van der Waals surface area (Å²) in [4.78, 5) is 29.6. The first kappa shape index (κ1) is 34.6. The fraction of sp³-hybridized carbons (Fsp3) is 0.212. The number of sulfonamides is 1. The van der Waals surface area contributed by atoms with Gasteiger partial charge in [-0.1, -0.05) is 107 Å². The van der Waals surface area contributed by atoms with Crippen molar-refractivity contribution in [1.82, 2.24) is 10.2 Å². The summed E-state index contributed by atoms with van der Waals surface area (Å²) in [6.45, 7) is 2.83. The van der Waals surface area contributed by atoms with Gasteiger partial charge in [0, 0.05) is 29.1 Å². The number of carbonyl (C=O) groups is 2. The molecule has 2 amide bonds. The minimum absolute atomic E-state index is 0.0112. The van der Waals surface area contributed by atoms with Gasteiger partial charge in [-0.05, 0) is 61.4 Å². The van der Waals surface area contributed by atoms with Gasteiger partial charge in [-0.25, -0.2) is 8.42 Å². The van der Waals surface area contributed by atoms with E-state index in [0.717, 1.165) is 9.87 Å². The summed E-state index contributed by atoms with van der Waals surface area (Å²) in [5.74, 6) is -1.08. The van der Waals surface area contributed by atoms with Crippen LogP contribution in [0.15, 0.2) is 102 Å². The summed E-state index contributed by atoms with van der Waals surface area (Å²) in [5.41, 5.74) is 1.33. The maximum atomic E-state index is 14.5. The zero-order valence-electron chi connectivity index (χ0n) is 24.5. The predicted molar refractivity (Wildman–Crippen MR) is 182 cm³/mol. The molecule has 0 saturated heterocycles. The third-order valence-electron chi connectivity index (χ3n) is 6.87. The van der Waals surface area contributed by atoms with E-state index < -0.39 is 34.4 Å². The van der Waals surface area contributed by atoms with Crippen molar-refractivity contribution >= 4 is 73.9 Å². The molecule has 0 aromatic heterocycles. The summed E-state index contributed by atoms with van der Waals surface area (Å²) in [6.07, 6.45) is 0.152. The largest absolute Gasteiger partial charge is 0.352 e. The van der Waals surface area contributed by atoms with Crippen molar-refractivity contribution < 1.29 is 18.0 Å². The Labute approximate surface area is 283 Å². The highest BCUT2D eigenvalue weighted by molar-refractivity contribution is 7.92. The smallest absolute Gasteiger partial charge is 0.264 e. The standard InChI is InChI=1S/C33H31Cl4N3O4S/c1-22(2)38-33(42)30(18-23-10-5-3-6-11-23)39(20-24-16-17-25(34)19-28(24)36)31(41)21-40(29-15-9-14-27(35)32(29)37)45(43,44)26-12-7-4-8-13-26/h3-17,19,22,30H,18,20-21H2,1-2H3,(H,38,42)/t30-/m0/s1. The summed E-state index contributed by atoms with van der Waals surface area (Å²) in [6, 6.07) is 25.0. The topological polar surface area (TPSA) is 86.8 Å². The van der Waals surface area contributed by atoms with Crippen molar-refractivity contribution in [2.24, 2.45) is 0 Å². The van der Waals surface area contributed by atoms with Crippen molar-refractivity contribution in [2.75, 3.05) is 10.8 Å². The Morgan fingerprint density at radius 3 is 2.07 bits per heavy atom. The van der Waals surface area contributed by atoms with E-state index in [2.05, 4.69) is 5.32 Å². The van der Waals surface area contributed by atoms with Crippen LogP contribution in [0.25, 0.3) is 0 Å². The molecule has 0 radical (unpaired) electrons. The number of nitrogens with zero attached hydrogens (tertiary/aromatic N) is 2. The van der Waals surface area contributed by atoms with Crippen LogP contribution in [0, 0.1) is 0 Å². The van der Waals surface area contributed by atoms with Gasteiger partial charge in [-0.2, -0.15) is 0 Å². The second-order valence-corrected chi connectivity index (χ2v) is 14.0. The van der Waals surface area contributed by atoms with Crippen molar-refractivity contribution in [1.29, 1.82) is 0 Å². The van der Waals surface area contributed by atoms with Gasteiger partial charge in [0.15, 0.2) is 0 Å². The molecular weight excluding hydrogens is 676 g/mol. The van der Waals surface area contributed by atoms with Crippen LogP contribution in [0.1, 0.15) is 25.0 Å². The fourth-order valence-electron chi connectivity index (χ4n) is 4.69. The Morgan fingerprint density at radius 1 is 0.800 bits per heavy atom. The first-order chi connectivity index (χ1) is 21.4. The van der Waals surface area contributed by atoms with E-state index in [1.54, 1.807) is 42.5 Å². The number of anilines is 1. The Balaban J connectivity index is 1.85.